The van der Waals surface area contributed by atoms with Gasteiger partial charge in [-0.1, -0.05) is 16.0 Å². The van der Waals surface area contributed by atoms with E-state index < -0.39 is 16.1 Å². The smallest absolute Gasteiger partial charge is 0.147 e. The highest BCUT2D eigenvalue weighted by atomic mass is 35.5. The lowest BCUT2D eigenvalue weighted by Gasteiger charge is -2.23. The Kier molecular flexibility index (Phi) is 4.52. The van der Waals surface area contributed by atoms with Gasteiger partial charge in [-0.15, -0.1) is 0 Å². The van der Waals surface area contributed by atoms with E-state index in [1.807, 2.05) is 26.8 Å². The number of rotatable bonds is 2. The van der Waals surface area contributed by atoms with Gasteiger partial charge in [0.05, 0.1) is 18.7 Å². The van der Waals surface area contributed by atoms with Crippen LogP contribution in [0.2, 0.25) is 5.02 Å². The van der Waals surface area contributed by atoms with E-state index >= 15 is 0 Å². The van der Waals surface area contributed by atoms with Crippen LogP contribution in [0.5, 0.6) is 11.5 Å². The third-order valence-corrected chi connectivity index (χ3v) is 4.58. The summed E-state index contributed by atoms with van der Waals surface area (Å²) in [5.74, 6) is 1.22. The number of nitrogens with zero attached hydrogens (tertiary/aromatic N) is 1. The molecule has 1 aromatic rings. The van der Waals surface area contributed by atoms with Crippen molar-refractivity contribution in [2.75, 3.05) is 13.7 Å². The van der Waals surface area contributed by atoms with Crippen molar-refractivity contribution in [1.29, 1.82) is 0 Å². The predicted molar refractivity (Wildman–Crippen MR) is 82.5 cm³/mol. The molecule has 0 fully saturated rings. The molecule has 1 aliphatic heterocycles. The molecule has 110 valence electrons. The number of hydrogen-bond donors (Lipinski definition) is 0. The zero-order valence-electron chi connectivity index (χ0n) is 12.0. The van der Waals surface area contributed by atoms with Crippen LogP contribution in [0.1, 0.15) is 32.8 Å². The van der Waals surface area contributed by atoms with Crippen LogP contribution >= 0.6 is 11.6 Å². The van der Waals surface area contributed by atoms with Crippen LogP contribution < -0.4 is 9.47 Å². The Labute approximate surface area is 127 Å². The highest BCUT2D eigenvalue weighted by Gasteiger charge is 2.29. The SMILES string of the molecule is COc1cc(Cl)c2c(c1)/C(=N/[S+]([O-])C(C)(C)C)CCO2. The Hall–Kier alpha value is -0.910. The van der Waals surface area contributed by atoms with Crippen molar-refractivity contribution in [3.05, 3.63) is 22.7 Å². The van der Waals surface area contributed by atoms with Gasteiger partial charge < -0.3 is 14.0 Å². The van der Waals surface area contributed by atoms with Crippen LogP contribution in [0.3, 0.4) is 0 Å². The molecule has 1 unspecified atom stereocenters. The van der Waals surface area contributed by atoms with Crippen molar-refractivity contribution in [1.82, 2.24) is 0 Å². The first kappa shape index (κ1) is 15.5. The maximum absolute atomic E-state index is 12.2. The number of benzene rings is 1. The number of ether oxygens (including phenoxy) is 2. The van der Waals surface area contributed by atoms with E-state index in [2.05, 4.69) is 4.40 Å². The molecule has 1 aromatic carbocycles. The molecule has 4 nitrogen and oxygen atoms in total. The Morgan fingerprint density at radius 3 is 2.70 bits per heavy atom. The molecule has 0 aromatic heterocycles. The Morgan fingerprint density at radius 2 is 2.10 bits per heavy atom. The van der Waals surface area contributed by atoms with Crippen molar-refractivity contribution >= 4 is 28.7 Å². The van der Waals surface area contributed by atoms with Crippen LogP contribution in [0.15, 0.2) is 16.5 Å². The molecule has 0 bridgehead atoms. The summed E-state index contributed by atoms with van der Waals surface area (Å²) in [7, 11) is 1.58. The summed E-state index contributed by atoms with van der Waals surface area (Å²) >= 11 is 4.87. The van der Waals surface area contributed by atoms with E-state index in [1.54, 1.807) is 13.2 Å². The van der Waals surface area contributed by atoms with Crippen molar-refractivity contribution in [3.8, 4) is 11.5 Å². The van der Waals surface area contributed by atoms with Crippen LogP contribution in [0.25, 0.3) is 0 Å². The second-order valence-corrected chi connectivity index (χ2v) is 7.80. The monoisotopic (exact) mass is 315 g/mol. The molecular formula is C14H18ClNO3S. The summed E-state index contributed by atoms with van der Waals surface area (Å²) in [5, 5.41) is 0.480. The molecule has 0 spiro atoms. The highest BCUT2D eigenvalue weighted by Crippen LogP contribution is 2.37. The predicted octanol–water partition coefficient (Wildman–Crippen LogP) is 3.38. The minimum atomic E-state index is -1.31. The average Bonchev–Trinajstić information content (AvgIpc) is 2.38. The highest BCUT2D eigenvalue weighted by molar-refractivity contribution is 7.91. The standard InChI is InChI=1S/C14H18ClNO3S/c1-14(2,3)20(17)16-12-5-6-19-13-10(12)7-9(18-4)8-11(13)15/h7-8H,5-6H2,1-4H3/b16-12+. The molecule has 0 amide bonds. The lowest BCUT2D eigenvalue weighted by Crippen LogP contribution is -2.28. The fourth-order valence-electron chi connectivity index (χ4n) is 1.76. The third kappa shape index (κ3) is 3.22. The van der Waals surface area contributed by atoms with Gasteiger partial charge in [-0.2, -0.15) is 0 Å². The lowest BCUT2D eigenvalue weighted by molar-refractivity contribution is 0.319. The Morgan fingerprint density at radius 1 is 1.40 bits per heavy atom. The number of methoxy groups -OCH3 is 1. The van der Waals surface area contributed by atoms with Crippen LogP contribution in [0, 0.1) is 0 Å². The normalized spacial score (nSPS) is 18.4. The van der Waals surface area contributed by atoms with Gasteiger partial charge in [-0.3, -0.25) is 0 Å². The first-order chi connectivity index (χ1) is 9.32. The topological polar surface area (TPSA) is 53.9 Å². The van der Waals surface area contributed by atoms with Gasteiger partial charge in [-0.25, -0.2) is 0 Å². The van der Waals surface area contributed by atoms with Crippen LogP contribution in [-0.2, 0) is 11.4 Å². The molecule has 0 N–H and O–H groups in total. The van der Waals surface area contributed by atoms with Crippen LogP contribution in [-0.4, -0.2) is 28.7 Å². The minimum Gasteiger partial charge on any atom is -0.591 e. The molecule has 0 saturated heterocycles. The van der Waals surface area contributed by atoms with E-state index in [0.717, 1.165) is 11.3 Å². The molecule has 1 atom stereocenters. The fourth-order valence-corrected chi connectivity index (χ4v) is 2.69. The average molecular weight is 316 g/mol. The first-order valence-corrected chi connectivity index (χ1v) is 7.81. The number of fused-ring (bicyclic) bond motifs is 1. The second-order valence-electron chi connectivity index (χ2n) is 5.48. The van der Waals surface area contributed by atoms with Crippen molar-refractivity contribution in [2.45, 2.75) is 31.9 Å². The molecule has 6 heteroatoms. The number of hydrogen-bond acceptors (Lipinski definition) is 4. The lowest BCUT2D eigenvalue weighted by atomic mass is 10.0. The largest absolute Gasteiger partial charge is 0.591 e. The summed E-state index contributed by atoms with van der Waals surface area (Å²) < 4.78 is 27.0. The maximum Gasteiger partial charge on any atom is 0.147 e. The van der Waals surface area contributed by atoms with Gasteiger partial charge in [-0.05, 0) is 26.8 Å². The molecule has 0 radical (unpaired) electrons. The summed E-state index contributed by atoms with van der Waals surface area (Å²) in [4.78, 5) is 0. The molecule has 20 heavy (non-hydrogen) atoms. The maximum atomic E-state index is 12.2. The third-order valence-electron chi connectivity index (χ3n) is 2.87. The van der Waals surface area contributed by atoms with Crippen molar-refractivity contribution in [2.24, 2.45) is 4.40 Å². The first-order valence-electron chi connectivity index (χ1n) is 6.33. The summed E-state index contributed by atoms with van der Waals surface area (Å²) in [6.45, 7) is 6.17. The second kappa shape index (κ2) is 5.84. The fraction of sp³-hybridized carbons (Fsp3) is 0.500. The molecule has 1 aliphatic rings. The zero-order valence-corrected chi connectivity index (χ0v) is 13.6. The van der Waals surface area contributed by atoms with Gasteiger partial charge >= 0.3 is 0 Å². The quantitative estimate of drug-likeness (QED) is 0.786. The Bertz CT molecular complexity index is 540. The van der Waals surface area contributed by atoms with Crippen molar-refractivity contribution in [3.63, 3.8) is 0 Å². The van der Waals surface area contributed by atoms with E-state index in [-0.39, 0.29) is 0 Å². The minimum absolute atomic E-state index is 0.395. The Balaban J connectivity index is 2.46. The molecule has 1 heterocycles. The van der Waals surface area contributed by atoms with Gasteiger partial charge in [0.25, 0.3) is 0 Å². The van der Waals surface area contributed by atoms with Gasteiger partial charge in [0.1, 0.15) is 33.3 Å². The molecule has 0 aliphatic carbocycles. The van der Waals surface area contributed by atoms with Crippen molar-refractivity contribution < 1.29 is 14.0 Å². The molecule has 0 saturated carbocycles. The van der Waals surface area contributed by atoms with Crippen LogP contribution in [0.4, 0.5) is 0 Å². The summed E-state index contributed by atoms with van der Waals surface area (Å²) in [6, 6.07) is 3.52. The number of halogens is 1. The van der Waals surface area contributed by atoms with Gasteiger partial charge in [0, 0.05) is 18.1 Å². The summed E-state index contributed by atoms with van der Waals surface area (Å²) in [5.41, 5.74) is 1.51. The summed E-state index contributed by atoms with van der Waals surface area (Å²) in [6.07, 6.45) is 0.609. The van der Waals surface area contributed by atoms with E-state index in [4.69, 9.17) is 21.1 Å². The molecular weight excluding hydrogens is 298 g/mol. The van der Waals surface area contributed by atoms with E-state index in [9.17, 15) is 4.55 Å². The molecule has 2 rings (SSSR count). The van der Waals surface area contributed by atoms with Gasteiger partial charge in [0.2, 0.25) is 0 Å². The van der Waals surface area contributed by atoms with E-state index in [0.29, 0.717) is 29.5 Å². The van der Waals surface area contributed by atoms with Gasteiger partial charge in [0.15, 0.2) is 0 Å². The van der Waals surface area contributed by atoms with E-state index in [1.165, 1.54) is 0 Å². The zero-order chi connectivity index (χ0) is 14.9.